The Morgan fingerprint density at radius 1 is 0.865 bits per heavy atom. The van der Waals surface area contributed by atoms with Gasteiger partial charge in [-0.15, -0.1) is 0 Å². The van der Waals surface area contributed by atoms with Gasteiger partial charge in [-0.2, -0.15) is 24.5 Å². The molecule has 0 unspecified atom stereocenters. The lowest BCUT2D eigenvalue weighted by Gasteiger charge is -2.36. The molecule has 1 amide bonds. The van der Waals surface area contributed by atoms with Crippen LogP contribution in [0.15, 0.2) is 89.6 Å². The lowest BCUT2D eigenvalue weighted by atomic mass is 9.98. The van der Waals surface area contributed by atoms with E-state index in [1.165, 1.54) is 17.7 Å². The molecule has 1 aliphatic heterocycles. The van der Waals surface area contributed by atoms with Crippen molar-refractivity contribution in [1.82, 2.24) is 4.90 Å². The number of carbonyl (C=O) groups is 1. The second kappa shape index (κ2) is 10.8. The maximum absolute atomic E-state index is 13.1. The third kappa shape index (κ3) is 6.03. The first-order valence-electron chi connectivity index (χ1n) is 12.0. The van der Waals surface area contributed by atoms with Gasteiger partial charge in [-0.25, -0.2) is 0 Å². The van der Waals surface area contributed by atoms with Crippen molar-refractivity contribution in [2.45, 2.75) is 12.7 Å². The molecule has 5 rings (SSSR count). The molecule has 0 saturated carbocycles. The van der Waals surface area contributed by atoms with Crippen LogP contribution in [-0.2, 0) is 12.7 Å². The summed E-state index contributed by atoms with van der Waals surface area (Å²) in [5.41, 5.74) is 3.93. The molecule has 190 valence electrons. The Hall–Kier alpha value is -3.62. The lowest BCUT2D eigenvalue weighted by molar-refractivity contribution is -0.137. The van der Waals surface area contributed by atoms with Crippen molar-refractivity contribution < 1.29 is 18.0 Å². The Balaban J connectivity index is 1.22. The summed E-state index contributed by atoms with van der Waals surface area (Å²) in [5.74, 6) is -0.315. The normalized spacial score (nSPS) is 14.5. The van der Waals surface area contributed by atoms with Crippen LogP contribution in [0, 0.1) is 0 Å². The third-order valence-corrected chi connectivity index (χ3v) is 7.28. The number of amides is 1. The van der Waals surface area contributed by atoms with Gasteiger partial charge in [0.05, 0.1) is 5.56 Å². The van der Waals surface area contributed by atoms with Gasteiger partial charge >= 0.3 is 6.18 Å². The highest BCUT2D eigenvalue weighted by Gasteiger charge is 2.30. The first kappa shape index (κ1) is 25.0. The van der Waals surface area contributed by atoms with Gasteiger partial charge in [0.25, 0.3) is 5.91 Å². The third-order valence-electron chi connectivity index (χ3n) is 6.54. The summed E-state index contributed by atoms with van der Waals surface area (Å²) in [6.45, 7) is 4.85. The average Bonchev–Trinajstić information content (AvgIpc) is 3.42. The fraction of sp³-hybridized carbons (Fsp3) is 0.207. The number of nitrogens with one attached hydrogen (secondary N) is 1. The molecule has 1 aliphatic rings. The largest absolute Gasteiger partial charge is 0.416 e. The minimum absolute atomic E-state index is 0.315. The number of piperazine rings is 1. The van der Waals surface area contributed by atoms with Crippen molar-refractivity contribution in [3.05, 3.63) is 106 Å². The predicted octanol–water partition coefficient (Wildman–Crippen LogP) is 7.01. The molecule has 1 aromatic heterocycles. The molecule has 0 bridgehead atoms. The van der Waals surface area contributed by atoms with Crippen LogP contribution >= 0.6 is 11.3 Å². The van der Waals surface area contributed by atoms with Crippen LogP contribution in [0.2, 0.25) is 0 Å². The van der Waals surface area contributed by atoms with E-state index in [9.17, 15) is 18.0 Å². The standard InChI is InChI=1S/C29H26F3N3OS/c30-29(31,32)23-7-5-22(6-8-23)26-3-1-2-4-27(26)28(36)33-24-9-11-25(12-10-24)35-16-14-34(15-17-35)19-21-13-18-37-20-21/h1-13,18,20H,14-17,19H2,(H,33,36). The molecule has 4 aromatic rings. The molecule has 1 saturated heterocycles. The van der Waals surface area contributed by atoms with Crippen LogP contribution in [-0.4, -0.2) is 37.0 Å². The number of anilines is 2. The number of benzene rings is 3. The van der Waals surface area contributed by atoms with E-state index in [2.05, 4.69) is 31.9 Å². The summed E-state index contributed by atoms with van der Waals surface area (Å²) in [6, 6.07) is 21.7. The highest BCUT2D eigenvalue weighted by molar-refractivity contribution is 7.07. The number of rotatable bonds is 6. The van der Waals surface area contributed by atoms with Gasteiger partial charge in [-0.05, 0) is 76.0 Å². The molecule has 37 heavy (non-hydrogen) atoms. The minimum atomic E-state index is -4.40. The molecular weight excluding hydrogens is 495 g/mol. The molecule has 1 fully saturated rings. The number of halogens is 3. The molecular formula is C29H26F3N3OS. The summed E-state index contributed by atoms with van der Waals surface area (Å²) < 4.78 is 38.8. The molecule has 0 atom stereocenters. The van der Waals surface area contributed by atoms with E-state index in [4.69, 9.17) is 0 Å². The van der Waals surface area contributed by atoms with Gasteiger partial charge in [0.1, 0.15) is 0 Å². The number of hydrogen-bond acceptors (Lipinski definition) is 4. The molecule has 4 nitrogen and oxygen atoms in total. The van der Waals surface area contributed by atoms with Gasteiger partial charge in [0, 0.05) is 49.7 Å². The Morgan fingerprint density at radius 3 is 2.22 bits per heavy atom. The second-order valence-electron chi connectivity index (χ2n) is 9.02. The maximum Gasteiger partial charge on any atom is 0.416 e. The van der Waals surface area contributed by atoms with E-state index in [0.29, 0.717) is 22.4 Å². The van der Waals surface area contributed by atoms with Crippen molar-refractivity contribution in [1.29, 1.82) is 0 Å². The van der Waals surface area contributed by atoms with E-state index in [0.717, 1.165) is 50.5 Å². The van der Waals surface area contributed by atoms with Crippen LogP contribution in [0.5, 0.6) is 0 Å². The van der Waals surface area contributed by atoms with Crippen molar-refractivity contribution in [3.8, 4) is 11.1 Å². The molecule has 8 heteroatoms. The van der Waals surface area contributed by atoms with Crippen LogP contribution in [0.25, 0.3) is 11.1 Å². The summed E-state index contributed by atoms with van der Waals surface area (Å²) in [7, 11) is 0. The van der Waals surface area contributed by atoms with Crippen molar-refractivity contribution in [2.24, 2.45) is 0 Å². The van der Waals surface area contributed by atoms with E-state index in [-0.39, 0.29) is 5.91 Å². The number of nitrogens with zero attached hydrogens (tertiary/aromatic N) is 2. The first-order chi connectivity index (χ1) is 17.9. The zero-order valence-electron chi connectivity index (χ0n) is 20.0. The smallest absolute Gasteiger partial charge is 0.369 e. The molecule has 1 N–H and O–H groups in total. The predicted molar refractivity (Wildman–Crippen MR) is 143 cm³/mol. The summed E-state index contributed by atoms with van der Waals surface area (Å²) in [6.07, 6.45) is -4.40. The first-order valence-corrected chi connectivity index (χ1v) is 13.0. The fourth-order valence-corrected chi connectivity index (χ4v) is 5.19. The second-order valence-corrected chi connectivity index (χ2v) is 9.80. The Bertz CT molecular complexity index is 1330. The zero-order chi connectivity index (χ0) is 25.8. The number of carbonyl (C=O) groups excluding carboxylic acids is 1. The molecule has 0 aliphatic carbocycles. The van der Waals surface area contributed by atoms with E-state index in [1.54, 1.807) is 35.6 Å². The Morgan fingerprint density at radius 2 is 1.57 bits per heavy atom. The van der Waals surface area contributed by atoms with Gasteiger partial charge in [-0.1, -0.05) is 30.3 Å². The highest BCUT2D eigenvalue weighted by Crippen LogP contribution is 2.32. The topological polar surface area (TPSA) is 35.6 Å². The highest BCUT2D eigenvalue weighted by atomic mass is 32.1. The van der Waals surface area contributed by atoms with Crippen molar-refractivity contribution in [3.63, 3.8) is 0 Å². The van der Waals surface area contributed by atoms with Crippen LogP contribution in [0.4, 0.5) is 24.5 Å². The van der Waals surface area contributed by atoms with Crippen LogP contribution < -0.4 is 10.2 Å². The summed E-state index contributed by atoms with van der Waals surface area (Å²) in [4.78, 5) is 17.9. The minimum Gasteiger partial charge on any atom is -0.369 e. The Kier molecular flexibility index (Phi) is 7.30. The van der Waals surface area contributed by atoms with Crippen molar-refractivity contribution >= 4 is 28.6 Å². The number of alkyl halides is 3. The van der Waals surface area contributed by atoms with E-state index >= 15 is 0 Å². The number of hydrogen-bond donors (Lipinski definition) is 1. The van der Waals surface area contributed by atoms with Gasteiger partial charge in [0.15, 0.2) is 0 Å². The molecule has 0 radical (unpaired) electrons. The monoisotopic (exact) mass is 521 g/mol. The fourth-order valence-electron chi connectivity index (χ4n) is 4.53. The molecule has 2 heterocycles. The van der Waals surface area contributed by atoms with E-state index in [1.807, 2.05) is 24.3 Å². The van der Waals surface area contributed by atoms with Gasteiger partial charge < -0.3 is 10.2 Å². The Labute approximate surface area is 218 Å². The van der Waals surface area contributed by atoms with Gasteiger partial charge in [-0.3, -0.25) is 9.69 Å². The quantitative estimate of drug-likeness (QED) is 0.297. The zero-order valence-corrected chi connectivity index (χ0v) is 20.9. The van der Waals surface area contributed by atoms with Crippen molar-refractivity contribution in [2.75, 3.05) is 36.4 Å². The summed E-state index contributed by atoms with van der Waals surface area (Å²) in [5, 5.41) is 7.23. The molecule has 3 aromatic carbocycles. The van der Waals surface area contributed by atoms with E-state index < -0.39 is 11.7 Å². The number of thiophene rings is 1. The van der Waals surface area contributed by atoms with Gasteiger partial charge in [0.2, 0.25) is 0 Å². The van der Waals surface area contributed by atoms with Crippen LogP contribution in [0.3, 0.4) is 0 Å². The summed E-state index contributed by atoms with van der Waals surface area (Å²) >= 11 is 1.73. The SMILES string of the molecule is O=C(Nc1ccc(N2CCN(Cc3ccsc3)CC2)cc1)c1ccccc1-c1ccc(C(F)(F)F)cc1. The average molecular weight is 522 g/mol. The van der Waals surface area contributed by atoms with Crippen LogP contribution in [0.1, 0.15) is 21.5 Å². The molecule has 0 spiro atoms. The lowest BCUT2D eigenvalue weighted by Crippen LogP contribution is -2.45. The maximum atomic E-state index is 13.1.